The monoisotopic (exact) mass is 272 g/mol. The molecule has 6 nitrogen and oxygen atoms in total. The lowest BCUT2D eigenvalue weighted by atomic mass is 9.95. The first-order chi connectivity index (χ1) is 9.06. The number of hydrogen-bond donors (Lipinski definition) is 2. The number of likely N-dealkylation sites (tertiary alicyclic amines) is 1. The minimum Gasteiger partial charge on any atom is -0.481 e. The largest absolute Gasteiger partial charge is 0.481 e. The molecular formula is C13H24N2O4. The van der Waals surface area contributed by atoms with Crippen molar-refractivity contribution in [1.82, 2.24) is 10.2 Å². The Morgan fingerprint density at radius 1 is 1.53 bits per heavy atom. The number of nitrogens with one attached hydrogen (secondary N) is 1. The molecule has 0 radical (unpaired) electrons. The number of urea groups is 1. The molecule has 0 bridgehead atoms. The van der Waals surface area contributed by atoms with Crippen molar-refractivity contribution in [3.05, 3.63) is 0 Å². The van der Waals surface area contributed by atoms with Gasteiger partial charge in [0.15, 0.2) is 0 Å². The van der Waals surface area contributed by atoms with Crippen LogP contribution < -0.4 is 5.32 Å². The summed E-state index contributed by atoms with van der Waals surface area (Å²) in [5.74, 6) is -0.724. The summed E-state index contributed by atoms with van der Waals surface area (Å²) in [6.07, 6.45) is 2.70. The first-order valence-corrected chi connectivity index (χ1v) is 6.83. The van der Waals surface area contributed by atoms with Gasteiger partial charge in [-0.15, -0.1) is 0 Å². The van der Waals surface area contributed by atoms with E-state index in [1.807, 2.05) is 6.92 Å². The van der Waals surface area contributed by atoms with Crippen LogP contribution in [0.5, 0.6) is 0 Å². The second-order valence-electron chi connectivity index (χ2n) is 5.06. The standard InChI is InChI=1S/C13H24N2O4/c1-3-11(9-19-2)14-13(18)15-6-4-5-10(8-15)7-12(16)17/h10-11H,3-9H2,1-2H3,(H,14,18)(H,16,17). The van der Waals surface area contributed by atoms with Crippen molar-refractivity contribution in [3.63, 3.8) is 0 Å². The Bertz CT molecular complexity index is 309. The number of carbonyl (C=O) groups excluding carboxylic acids is 1. The van der Waals surface area contributed by atoms with E-state index >= 15 is 0 Å². The highest BCUT2D eigenvalue weighted by atomic mass is 16.5. The molecular weight excluding hydrogens is 248 g/mol. The first-order valence-electron chi connectivity index (χ1n) is 6.83. The van der Waals surface area contributed by atoms with Crippen molar-refractivity contribution in [2.24, 2.45) is 5.92 Å². The third-order valence-corrected chi connectivity index (χ3v) is 3.46. The van der Waals surface area contributed by atoms with Gasteiger partial charge in [-0.25, -0.2) is 4.79 Å². The van der Waals surface area contributed by atoms with Gasteiger partial charge < -0.3 is 20.1 Å². The maximum absolute atomic E-state index is 12.1. The number of methoxy groups -OCH3 is 1. The minimum atomic E-state index is -0.793. The molecule has 0 aliphatic carbocycles. The fraction of sp³-hybridized carbons (Fsp3) is 0.846. The number of carbonyl (C=O) groups is 2. The van der Waals surface area contributed by atoms with Crippen LogP contribution >= 0.6 is 0 Å². The number of carboxylic acid groups (broad SMARTS) is 1. The Morgan fingerprint density at radius 2 is 2.26 bits per heavy atom. The molecule has 1 heterocycles. The van der Waals surface area contributed by atoms with E-state index in [0.29, 0.717) is 19.7 Å². The molecule has 0 aromatic heterocycles. The van der Waals surface area contributed by atoms with Crippen molar-refractivity contribution in [1.29, 1.82) is 0 Å². The molecule has 0 aromatic carbocycles. The SMILES string of the molecule is CCC(COC)NC(=O)N1CCCC(CC(=O)O)C1. The fourth-order valence-corrected chi connectivity index (χ4v) is 2.39. The fourth-order valence-electron chi connectivity index (χ4n) is 2.39. The molecule has 1 rings (SSSR count). The van der Waals surface area contributed by atoms with Crippen LogP contribution in [0.4, 0.5) is 4.79 Å². The summed E-state index contributed by atoms with van der Waals surface area (Å²) >= 11 is 0. The lowest BCUT2D eigenvalue weighted by molar-refractivity contribution is -0.138. The summed E-state index contributed by atoms with van der Waals surface area (Å²) in [5, 5.41) is 11.7. The zero-order valence-corrected chi connectivity index (χ0v) is 11.7. The highest BCUT2D eigenvalue weighted by Crippen LogP contribution is 2.19. The van der Waals surface area contributed by atoms with E-state index in [1.54, 1.807) is 12.0 Å². The molecule has 1 aliphatic heterocycles. The third kappa shape index (κ3) is 5.46. The molecule has 2 unspecified atom stereocenters. The number of aliphatic carboxylic acids is 1. The molecule has 2 N–H and O–H groups in total. The minimum absolute atomic E-state index is 0.0114. The van der Waals surface area contributed by atoms with Gasteiger partial charge in [-0.1, -0.05) is 6.92 Å². The van der Waals surface area contributed by atoms with Crippen molar-refractivity contribution in [2.75, 3.05) is 26.8 Å². The Hall–Kier alpha value is -1.30. The second kappa shape index (κ2) is 7.99. The molecule has 2 amide bonds. The molecule has 1 aliphatic rings. The molecule has 0 saturated carbocycles. The van der Waals surface area contributed by atoms with Crippen LogP contribution in [-0.4, -0.2) is 54.9 Å². The van der Waals surface area contributed by atoms with Gasteiger partial charge in [-0.2, -0.15) is 0 Å². The van der Waals surface area contributed by atoms with Gasteiger partial charge in [-0.05, 0) is 25.2 Å². The maximum atomic E-state index is 12.1. The van der Waals surface area contributed by atoms with Crippen LogP contribution in [0, 0.1) is 5.92 Å². The molecule has 2 atom stereocenters. The van der Waals surface area contributed by atoms with Gasteiger partial charge in [0.25, 0.3) is 0 Å². The van der Waals surface area contributed by atoms with Gasteiger partial charge in [-0.3, -0.25) is 4.79 Å². The lowest BCUT2D eigenvalue weighted by Crippen LogP contribution is -2.49. The number of ether oxygens (including phenoxy) is 1. The van der Waals surface area contributed by atoms with Crippen LogP contribution in [0.15, 0.2) is 0 Å². The number of nitrogens with zero attached hydrogens (tertiary/aromatic N) is 1. The molecule has 1 fully saturated rings. The van der Waals surface area contributed by atoms with Crippen molar-refractivity contribution >= 4 is 12.0 Å². The third-order valence-electron chi connectivity index (χ3n) is 3.46. The van der Waals surface area contributed by atoms with Crippen LogP contribution in [0.2, 0.25) is 0 Å². The van der Waals surface area contributed by atoms with Crippen molar-refractivity contribution < 1.29 is 19.4 Å². The van der Waals surface area contributed by atoms with Gasteiger partial charge >= 0.3 is 12.0 Å². The number of hydrogen-bond acceptors (Lipinski definition) is 3. The van der Waals surface area contributed by atoms with E-state index in [0.717, 1.165) is 19.3 Å². The predicted octanol–water partition coefficient (Wildman–Crippen LogP) is 1.31. The van der Waals surface area contributed by atoms with Crippen LogP contribution in [0.1, 0.15) is 32.6 Å². The zero-order chi connectivity index (χ0) is 14.3. The summed E-state index contributed by atoms with van der Waals surface area (Å²) < 4.78 is 5.05. The van der Waals surface area contributed by atoms with E-state index in [-0.39, 0.29) is 24.4 Å². The Balaban J connectivity index is 2.44. The summed E-state index contributed by atoms with van der Waals surface area (Å²) in [6.45, 7) is 3.72. The molecule has 1 saturated heterocycles. The van der Waals surface area contributed by atoms with Crippen LogP contribution in [0.3, 0.4) is 0 Å². The Labute approximate surface area is 114 Å². The Morgan fingerprint density at radius 3 is 2.84 bits per heavy atom. The molecule has 19 heavy (non-hydrogen) atoms. The van der Waals surface area contributed by atoms with E-state index in [9.17, 15) is 9.59 Å². The van der Waals surface area contributed by atoms with Crippen LogP contribution in [0.25, 0.3) is 0 Å². The molecule has 0 aromatic rings. The quantitative estimate of drug-likeness (QED) is 0.764. The molecule has 110 valence electrons. The van der Waals surface area contributed by atoms with E-state index in [2.05, 4.69) is 5.32 Å². The summed E-state index contributed by atoms with van der Waals surface area (Å²) in [7, 11) is 1.61. The predicted molar refractivity (Wildman–Crippen MR) is 71.0 cm³/mol. The summed E-state index contributed by atoms with van der Waals surface area (Å²) in [6, 6.07) is -0.101. The van der Waals surface area contributed by atoms with Crippen molar-refractivity contribution in [2.45, 2.75) is 38.6 Å². The van der Waals surface area contributed by atoms with Gasteiger partial charge in [0.1, 0.15) is 0 Å². The average molecular weight is 272 g/mol. The lowest BCUT2D eigenvalue weighted by Gasteiger charge is -2.33. The van der Waals surface area contributed by atoms with E-state index in [4.69, 9.17) is 9.84 Å². The normalized spacial score (nSPS) is 20.9. The second-order valence-corrected chi connectivity index (χ2v) is 5.06. The number of rotatable bonds is 6. The zero-order valence-electron chi connectivity index (χ0n) is 11.7. The van der Waals surface area contributed by atoms with Gasteiger partial charge in [0, 0.05) is 26.6 Å². The summed E-state index contributed by atoms with van der Waals surface area (Å²) in [5.41, 5.74) is 0. The Kier molecular flexibility index (Phi) is 6.62. The van der Waals surface area contributed by atoms with Crippen LogP contribution in [-0.2, 0) is 9.53 Å². The smallest absolute Gasteiger partial charge is 0.317 e. The number of amides is 2. The van der Waals surface area contributed by atoms with Gasteiger partial charge in [0.05, 0.1) is 12.6 Å². The van der Waals surface area contributed by atoms with Gasteiger partial charge in [0.2, 0.25) is 0 Å². The molecule has 0 spiro atoms. The number of piperidine rings is 1. The topological polar surface area (TPSA) is 78.9 Å². The number of carboxylic acids is 1. The highest BCUT2D eigenvalue weighted by Gasteiger charge is 2.26. The van der Waals surface area contributed by atoms with Crippen molar-refractivity contribution in [3.8, 4) is 0 Å². The van der Waals surface area contributed by atoms with E-state index < -0.39 is 5.97 Å². The first kappa shape index (κ1) is 15.8. The molecule has 6 heteroatoms. The maximum Gasteiger partial charge on any atom is 0.317 e. The van der Waals surface area contributed by atoms with E-state index in [1.165, 1.54) is 0 Å². The highest BCUT2D eigenvalue weighted by molar-refractivity contribution is 5.75. The average Bonchev–Trinajstić information content (AvgIpc) is 2.37. The summed E-state index contributed by atoms with van der Waals surface area (Å²) in [4.78, 5) is 24.5.